The highest BCUT2D eigenvalue weighted by molar-refractivity contribution is 7.99. The van der Waals surface area contributed by atoms with Gasteiger partial charge in [0.2, 0.25) is 0 Å². The number of benzene rings is 1. The zero-order chi connectivity index (χ0) is 13.4. The Morgan fingerprint density at radius 1 is 1.37 bits per heavy atom. The van der Waals surface area contributed by atoms with E-state index in [0.29, 0.717) is 16.6 Å². The van der Waals surface area contributed by atoms with Crippen molar-refractivity contribution < 1.29 is 0 Å². The second-order valence-electron chi connectivity index (χ2n) is 3.91. The van der Waals surface area contributed by atoms with E-state index in [1.807, 2.05) is 0 Å². The number of nitrogen functional groups attached to an aromatic ring is 1. The van der Waals surface area contributed by atoms with E-state index < -0.39 is 0 Å². The molecule has 0 spiro atoms. The van der Waals surface area contributed by atoms with Crippen molar-refractivity contribution in [2.45, 2.75) is 10.1 Å². The van der Waals surface area contributed by atoms with Crippen LogP contribution in [0.1, 0.15) is 0 Å². The molecule has 96 valence electrons. The number of aromatic amines is 1. The van der Waals surface area contributed by atoms with Crippen molar-refractivity contribution in [3.63, 3.8) is 0 Å². The van der Waals surface area contributed by atoms with E-state index in [1.54, 1.807) is 23.9 Å². The first-order chi connectivity index (χ1) is 9.15. The van der Waals surface area contributed by atoms with Gasteiger partial charge in [-0.25, -0.2) is 14.6 Å². The van der Waals surface area contributed by atoms with E-state index in [9.17, 15) is 4.79 Å². The van der Waals surface area contributed by atoms with Crippen molar-refractivity contribution in [1.82, 2.24) is 24.7 Å². The summed E-state index contributed by atoms with van der Waals surface area (Å²) in [7, 11) is 1.80. The maximum Gasteiger partial charge on any atom is 0.258 e. The normalized spacial score (nSPS) is 11.0. The molecule has 0 aliphatic rings. The standard InChI is InChI=1S/C11H10N6OS/c1-17-11(15-5-16-17)19-9-3-8-6(2-7(9)12)10(18)14-4-13-8/h2-5H,12H2,1H3,(H,13,14,18). The first kappa shape index (κ1) is 11.7. The molecule has 0 unspecified atom stereocenters. The highest BCUT2D eigenvalue weighted by atomic mass is 32.2. The molecule has 7 nitrogen and oxygen atoms in total. The monoisotopic (exact) mass is 274 g/mol. The smallest absolute Gasteiger partial charge is 0.258 e. The molecule has 0 atom stereocenters. The lowest BCUT2D eigenvalue weighted by molar-refractivity contribution is 0.685. The average Bonchev–Trinajstić information content (AvgIpc) is 2.77. The summed E-state index contributed by atoms with van der Waals surface area (Å²) in [4.78, 5) is 23.2. The molecule has 3 N–H and O–H groups in total. The Morgan fingerprint density at radius 3 is 2.95 bits per heavy atom. The zero-order valence-electron chi connectivity index (χ0n) is 9.99. The number of fused-ring (bicyclic) bond motifs is 1. The maximum atomic E-state index is 11.6. The van der Waals surface area contributed by atoms with Crippen LogP contribution < -0.4 is 11.3 Å². The molecular formula is C11H10N6OS. The van der Waals surface area contributed by atoms with Crippen LogP contribution in [0.4, 0.5) is 5.69 Å². The van der Waals surface area contributed by atoms with Crippen LogP contribution in [0.15, 0.2) is 39.6 Å². The molecule has 2 aromatic heterocycles. The Labute approximate surface area is 111 Å². The summed E-state index contributed by atoms with van der Waals surface area (Å²) in [5.74, 6) is 0. The van der Waals surface area contributed by atoms with E-state index in [-0.39, 0.29) is 5.56 Å². The summed E-state index contributed by atoms with van der Waals surface area (Å²) in [5.41, 5.74) is 6.87. The quantitative estimate of drug-likeness (QED) is 0.670. The number of nitrogens with two attached hydrogens (primary N) is 1. The highest BCUT2D eigenvalue weighted by Crippen LogP contribution is 2.32. The van der Waals surface area contributed by atoms with Crippen LogP contribution in [-0.4, -0.2) is 24.7 Å². The van der Waals surface area contributed by atoms with Gasteiger partial charge in [0.15, 0.2) is 5.16 Å². The highest BCUT2D eigenvalue weighted by Gasteiger charge is 2.10. The molecule has 0 amide bonds. The van der Waals surface area contributed by atoms with Crippen LogP contribution in [-0.2, 0) is 7.05 Å². The summed E-state index contributed by atoms with van der Waals surface area (Å²) in [6, 6.07) is 3.40. The predicted molar refractivity (Wildman–Crippen MR) is 71.9 cm³/mol. The molecule has 8 heteroatoms. The third-order valence-electron chi connectivity index (χ3n) is 2.64. The van der Waals surface area contributed by atoms with E-state index in [0.717, 1.165) is 10.1 Å². The summed E-state index contributed by atoms with van der Waals surface area (Å²) >= 11 is 1.38. The van der Waals surface area contributed by atoms with E-state index in [2.05, 4.69) is 20.1 Å². The van der Waals surface area contributed by atoms with Crippen molar-refractivity contribution in [3.05, 3.63) is 35.1 Å². The minimum absolute atomic E-state index is 0.202. The van der Waals surface area contributed by atoms with E-state index in [4.69, 9.17) is 5.73 Å². The second-order valence-corrected chi connectivity index (χ2v) is 4.92. The maximum absolute atomic E-state index is 11.6. The minimum atomic E-state index is -0.202. The number of anilines is 1. The van der Waals surface area contributed by atoms with Crippen molar-refractivity contribution >= 4 is 28.4 Å². The van der Waals surface area contributed by atoms with E-state index in [1.165, 1.54) is 24.4 Å². The Bertz CT molecular complexity index is 808. The molecule has 3 aromatic rings. The van der Waals surface area contributed by atoms with Gasteiger partial charge in [0, 0.05) is 17.6 Å². The number of rotatable bonds is 2. The fourth-order valence-electron chi connectivity index (χ4n) is 1.68. The first-order valence-electron chi connectivity index (χ1n) is 5.44. The molecule has 0 aliphatic carbocycles. The van der Waals surface area contributed by atoms with Crippen LogP contribution >= 0.6 is 11.8 Å². The fourth-order valence-corrected chi connectivity index (χ4v) is 2.50. The SMILES string of the molecule is Cn1ncnc1Sc1cc2nc[nH]c(=O)c2cc1N. The van der Waals surface area contributed by atoms with Crippen molar-refractivity contribution in [2.24, 2.45) is 7.05 Å². The predicted octanol–water partition coefficient (Wildman–Crippen LogP) is 0.785. The number of nitrogens with one attached hydrogen (secondary N) is 1. The molecule has 2 heterocycles. The zero-order valence-corrected chi connectivity index (χ0v) is 10.8. The number of aromatic nitrogens is 5. The number of aryl methyl sites for hydroxylation is 1. The molecule has 3 rings (SSSR count). The topological polar surface area (TPSA) is 102 Å². The van der Waals surface area contributed by atoms with Crippen LogP contribution in [0.2, 0.25) is 0 Å². The third-order valence-corrected chi connectivity index (χ3v) is 3.77. The Hall–Kier alpha value is -2.35. The summed E-state index contributed by atoms with van der Waals surface area (Å²) in [6.45, 7) is 0. The molecule has 0 saturated carbocycles. The van der Waals surface area contributed by atoms with Gasteiger partial charge in [-0.1, -0.05) is 0 Å². The summed E-state index contributed by atoms with van der Waals surface area (Å²) in [6.07, 6.45) is 2.85. The number of nitrogens with zero attached hydrogens (tertiary/aromatic N) is 4. The Balaban J connectivity index is 2.12. The van der Waals surface area contributed by atoms with Crippen LogP contribution in [0, 0.1) is 0 Å². The molecule has 0 fully saturated rings. The molecule has 1 aromatic carbocycles. The molecule has 0 aliphatic heterocycles. The lowest BCUT2D eigenvalue weighted by atomic mass is 10.2. The van der Waals surface area contributed by atoms with Gasteiger partial charge < -0.3 is 10.7 Å². The lowest BCUT2D eigenvalue weighted by Gasteiger charge is -2.06. The van der Waals surface area contributed by atoms with Crippen molar-refractivity contribution in [3.8, 4) is 0 Å². The van der Waals surface area contributed by atoms with Gasteiger partial charge in [0.25, 0.3) is 5.56 Å². The number of hydrogen-bond donors (Lipinski definition) is 2. The van der Waals surface area contributed by atoms with Gasteiger partial charge in [-0.15, -0.1) is 0 Å². The Kier molecular flexibility index (Phi) is 2.71. The largest absolute Gasteiger partial charge is 0.398 e. The molecule has 0 saturated heterocycles. The van der Waals surface area contributed by atoms with E-state index >= 15 is 0 Å². The van der Waals surface area contributed by atoms with Crippen LogP contribution in [0.25, 0.3) is 10.9 Å². The van der Waals surface area contributed by atoms with Crippen molar-refractivity contribution in [2.75, 3.05) is 5.73 Å². The van der Waals surface area contributed by atoms with Gasteiger partial charge in [0.05, 0.1) is 17.2 Å². The minimum Gasteiger partial charge on any atom is -0.398 e. The third kappa shape index (κ3) is 2.06. The van der Waals surface area contributed by atoms with Crippen molar-refractivity contribution in [1.29, 1.82) is 0 Å². The average molecular weight is 274 g/mol. The molecule has 0 radical (unpaired) electrons. The number of H-pyrrole nitrogens is 1. The van der Waals surface area contributed by atoms with Gasteiger partial charge >= 0.3 is 0 Å². The molecule has 19 heavy (non-hydrogen) atoms. The van der Waals surface area contributed by atoms with Gasteiger partial charge in [-0.2, -0.15) is 5.10 Å². The number of hydrogen-bond acceptors (Lipinski definition) is 6. The summed E-state index contributed by atoms with van der Waals surface area (Å²) < 4.78 is 1.65. The Morgan fingerprint density at radius 2 is 2.21 bits per heavy atom. The fraction of sp³-hybridized carbons (Fsp3) is 0.0909. The van der Waals surface area contributed by atoms with Gasteiger partial charge in [0.1, 0.15) is 6.33 Å². The first-order valence-corrected chi connectivity index (χ1v) is 6.25. The van der Waals surface area contributed by atoms with Crippen LogP contribution in [0.3, 0.4) is 0 Å². The van der Waals surface area contributed by atoms with Gasteiger partial charge in [-0.05, 0) is 23.9 Å². The second kappa shape index (κ2) is 4.39. The lowest BCUT2D eigenvalue weighted by Crippen LogP contribution is -2.07. The van der Waals surface area contributed by atoms with Crippen LogP contribution in [0.5, 0.6) is 0 Å². The summed E-state index contributed by atoms with van der Waals surface area (Å²) in [5, 5.41) is 5.18. The molecular weight excluding hydrogens is 264 g/mol. The molecule has 0 bridgehead atoms. The van der Waals surface area contributed by atoms with Gasteiger partial charge in [-0.3, -0.25) is 4.79 Å².